The number of nitrogens with two attached hydrogens (primary N) is 1. The third kappa shape index (κ3) is 3.50. The molecule has 94 valence electrons. The van der Waals surface area contributed by atoms with E-state index in [1.807, 2.05) is 5.40 Å². The van der Waals surface area contributed by atoms with Crippen LogP contribution in [0, 0.1) is 10.7 Å². The lowest BCUT2D eigenvalue weighted by molar-refractivity contribution is 0.102. The zero-order chi connectivity index (χ0) is 13.7. The summed E-state index contributed by atoms with van der Waals surface area (Å²) in [5, 5.41) is 13.3. The Kier molecular flexibility index (Phi) is 4.06. The number of benzene rings is 2. The van der Waals surface area contributed by atoms with Crippen molar-refractivity contribution >= 4 is 29.0 Å². The highest BCUT2D eigenvalue weighted by molar-refractivity contribution is 8.03. The van der Waals surface area contributed by atoms with Crippen LogP contribution in [0.4, 0.5) is 11.4 Å². The lowest BCUT2D eigenvalue weighted by atomic mass is 10.2. The molecule has 0 heterocycles. The number of thiocyanates is 1. The summed E-state index contributed by atoms with van der Waals surface area (Å²) in [6.07, 6.45) is 0. The average Bonchev–Trinajstić information content (AvgIpc) is 2.42. The second-order valence-electron chi connectivity index (χ2n) is 3.79. The van der Waals surface area contributed by atoms with Gasteiger partial charge in [0, 0.05) is 21.8 Å². The molecular formula is C14H11N3OS. The molecule has 0 saturated carbocycles. The van der Waals surface area contributed by atoms with Crippen molar-refractivity contribution in [2.45, 2.75) is 4.90 Å². The second-order valence-corrected chi connectivity index (χ2v) is 4.65. The summed E-state index contributed by atoms with van der Waals surface area (Å²) in [5.74, 6) is -0.194. The van der Waals surface area contributed by atoms with E-state index in [0.717, 1.165) is 16.7 Å². The summed E-state index contributed by atoms with van der Waals surface area (Å²) in [4.78, 5) is 12.8. The summed E-state index contributed by atoms with van der Waals surface area (Å²) < 4.78 is 0. The topological polar surface area (TPSA) is 78.9 Å². The van der Waals surface area contributed by atoms with Crippen molar-refractivity contribution in [3.05, 3.63) is 54.1 Å². The fraction of sp³-hybridized carbons (Fsp3) is 0. The standard InChI is InChI=1S/C14H11N3OS/c15-9-19-13-7-5-12(6-8-13)17-14(18)10-1-3-11(16)4-2-10/h1-8H,16H2,(H,17,18). The summed E-state index contributed by atoms with van der Waals surface area (Å²) in [5.41, 5.74) is 7.41. The van der Waals surface area contributed by atoms with Crippen molar-refractivity contribution in [2.24, 2.45) is 0 Å². The Balaban J connectivity index is 2.06. The number of thioether (sulfide) groups is 1. The maximum atomic E-state index is 11.9. The number of rotatable bonds is 3. The lowest BCUT2D eigenvalue weighted by Gasteiger charge is -2.05. The predicted molar refractivity (Wildman–Crippen MR) is 76.7 cm³/mol. The first kappa shape index (κ1) is 13.0. The molecule has 2 aromatic rings. The molecule has 0 aliphatic rings. The fourth-order valence-corrected chi connectivity index (χ4v) is 1.87. The van der Waals surface area contributed by atoms with Crippen molar-refractivity contribution in [3.8, 4) is 5.40 Å². The summed E-state index contributed by atoms with van der Waals surface area (Å²) in [6, 6.07) is 13.8. The van der Waals surface area contributed by atoms with E-state index in [1.54, 1.807) is 48.5 Å². The van der Waals surface area contributed by atoms with Gasteiger partial charge in [-0.15, -0.1) is 0 Å². The molecule has 0 aromatic heterocycles. The molecule has 0 aliphatic carbocycles. The number of nitrogens with zero attached hydrogens (tertiary/aromatic N) is 1. The van der Waals surface area contributed by atoms with E-state index in [4.69, 9.17) is 11.0 Å². The van der Waals surface area contributed by atoms with Gasteiger partial charge in [-0.3, -0.25) is 4.79 Å². The van der Waals surface area contributed by atoms with Gasteiger partial charge in [0.25, 0.3) is 5.91 Å². The minimum Gasteiger partial charge on any atom is -0.399 e. The molecule has 1 amide bonds. The van der Waals surface area contributed by atoms with Crippen molar-refractivity contribution in [2.75, 3.05) is 11.1 Å². The van der Waals surface area contributed by atoms with E-state index in [2.05, 4.69) is 5.32 Å². The molecule has 0 radical (unpaired) electrons. The van der Waals surface area contributed by atoms with Crippen molar-refractivity contribution < 1.29 is 4.79 Å². The average molecular weight is 269 g/mol. The van der Waals surface area contributed by atoms with E-state index < -0.39 is 0 Å². The Bertz CT molecular complexity index is 615. The van der Waals surface area contributed by atoms with Crippen LogP contribution in [-0.4, -0.2) is 5.91 Å². The van der Waals surface area contributed by atoms with Crippen LogP contribution in [-0.2, 0) is 0 Å². The van der Waals surface area contributed by atoms with E-state index in [0.29, 0.717) is 16.9 Å². The minimum atomic E-state index is -0.194. The smallest absolute Gasteiger partial charge is 0.255 e. The number of hydrogen-bond acceptors (Lipinski definition) is 4. The third-order valence-electron chi connectivity index (χ3n) is 2.45. The van der Waals surface area contributed by atoms with Crippen molar-refractivity contribution in [1.29, 1.82) is 5.26 Å². The van der Waals surface area contributed by atoms with E-state index in [9.17, 15) is 4.79 Å². The Hall–Kier alpha value is -2.45. The maximum Gasteiger partial charge on any atom is 0.255 e. The molecule has 3 N–H and O–H groups in total. The van der Waals surface area contributed by atoms with Gasteiger partial charge in [-0.1, -0.05) is 0 Å². The number of hydrogen-bond donors (Lipinski definition) is 2. The van der Waals surface area contributed by atoms with Crippen LogP contribution < -0.4 is 11.1 Å². The second kappa shape index (κ2) is 5.94. The Labute approximate surface area is 115 Å². The molecule has 5 heteroatoms. The van der Waals surface area contributed by atoms with Gasteiger partial charge in [0.15, 0.2) is 0 Å². The van der Waals surface area contributed by atoms with Gasteiger partial charge in [0.1, 0.15) is 5.40 Å². The van der Waals surface area contributed by atoms with Crippen LogP contribution in [0.2, 0.25) is 0 Å². The summed E-state index contributed by atoms with van der Waals surface area (Å²) in [7, 11) is 0. The maximum absolute atomic E-state index is 11.9. The highest BCUT2D eigenvalue weighted by Gasteiger charge is 2.05. The molecule has 0 fully saturated rings. The number of carbonyl (C=O) groups is 1. The summed E-state index contributed by atoms with van der Waals surface area (Å²) >= 11 is 1.08. The molecule has 0 aliphatic heterocycles. The number of nitriles is 1. The molecule has 0 saturated heterocycles. The molecule has 0 unspecified atom stereocenters. The molecule has 0 bridgehead atoms. The zero-order valence-electron chi connectivity index (χ0n) is 9.96. The first-order valence-corrected chi connectivity index (χ1v) is 6.33. The normalized spacial score (nSPS) is 9.63. The van der Waals surface area contributed by atoms with Crippen molar-refractivity contribution in [3.63, 3.8) is 0 Å². The van der Waals surface area contributed by atoms with Crippen molar-refractivity contribution in [1.82, 2.24) is 0 Å². The number of amides is 1. The molecule has 2 rings (SSSR count). The van der Waals surface area contributed by atoms with Crippen LogP contribution in [0.3, 0.4) is 0 Å². The number of carbonyl (C=O) groups excluding carboxylic acids is 1. The monoisotopic (exact) mass is 269 g/mol. The predicted octanol–water partition coefficient (Wildman–Crippen LogP) is 3.09. The Morgan fingerprint density at radius 1 is 1.11 bits per heavy atom. The van der Waals surface area contributed by atoms with Gasteiger partial charge in [-0.25, -0.2) is 0 Å². The van der Waals surface area contributed by atoms with Crippen LogP contribution in [0.25, 0.3) is 0 Å². The molecule has 4 nitrogen and oxygen atoms in total. The van der Waals surface area contributed by atoms with Crippen LogP contribution in [0.5, 0.6) is 0 Å². The lowest BCUT2D eigenvalue weighted by Crippen LogP contribution is -2.11. The highest BCUT2D eigenvalue weighted by atomic mass is 32.2. The molecule has 19 heavy (non-hydrogen) atoms. The number of nitrogens with one attached hydrogen (secondary N) is 1. The molecule has 2 aromatic carbocycles. The molecule has 0 atom stereocenters. The third-order valence-corrected chi connectivity index (χ3v) is 3.05. The summed E-state index contributed by atoms with van der Waals surface area (Å²) in [6.45, 7) is 0. The number of anilines is 2. The SMILES string of the molecule is N#CSc1ccc(NC(=O)c2ccc(N)cc2)cc1. The minimum absolute atomic E-state index is 0.194. The van der Waals surface area contributed by atoms with E-state index in [1.165, 1.54) is 0 Å². The van der Waals surface area contributed by atoms with Gasteiger partial charge >= 0.3 is 0 Å². The first-order valence-electron chi connectivity index (χ1n) is 5.52. The van der Waals surface area contributed by atoms with Gasteiger partial charge in [0.05, 0.1) is 0 Å². The number of nitrogen functional groups attached to an aromatic ring is 1. The highest BCUT2D eigenvalue weighted by Crippen LogP contribution is 2.19. The van der Waals surface area contributed by atoms with Crippen LogP contribution in [0.15, 0.2) is 53.4 Å². The van der Waals surface area contributed by atoms with Gasteiger partial charge in [0.2, 0.25) is 0 Å². The van der Waals surface area contributed by atoms with Crippen LogP contribution in [0.1, 0.15) is 10.4 Å². The van der Waals surface area contributed by atoms with Gasteiger partial charge < -0.3 is 11.1 Å². The Morgan fingerprint density at radius 3 is 2.32 bits per heavy atom. The first-order chi connectivity index (χ1) is 9.19. The Morgan fingerprint density at radius 2 is 1.74 bits per heavy atom. The van der Waals surface area contributed by atoms with Crippen LogP contribution >= 0.6 is 11.8 Å². The van der Waals surface area contributed by atoms with Gasteiger partial charge in [-0.2, -0.15) is 5.26 Å². The fourth-order valence-electron chi connectivity index (χ4n) is 1.50. The van der Waals surface area contributed by atoms with E-state index in [-0.39, 0.29) is 5.91 Å². The molecule has 0 spiro atoms. The molecular weight excluding hydrogens is 258 g/mol. The zero-order valence-corrected chi connectivity index (χ0v) is 10.8. The van der Waals surface area contributed by atoms with E-state index >= 15 is 0 Å². The quantitative estimate of drug-likeness (QED) is 0.510. The van der Waals surface area contributed by atoms with Gasteiger partial charge in [-0.05, 0) is 60.3 Å². The largest absolute Gasteiger partial charge is 0.399 e.